The number of carbonyl (C=O) groups is 2. The summed E-state index contributed by atoms with van der Waals surface area (Å²) >= 11 is 3.47. The summed E-state index contributed by atoms with van der Waals surface area (Å²) in [6.45, 7) is 2.28. The van der Waals surface area contributed by atoms with Crippen LogP contribution in [0, 0.1) is 6.92 Å². The number of anilines is 1. The van der Waals surface area contributed by atoms with Gasteiger partial charge in [-0.05, 0) is 55.0 Å². The van der Waals surface area contributed by atoms with Crippen molar-refractivity contribution >= 4 is 45.5 Å². The Morgan fingerprint density at radius 2 is 1.96 bits per heavy atom. The zero-order valence-corrected chi connectivity index (χ0v) is 16.2. The minimum Gasteiger partial charge on any atom is -0.456 e. The lowest BCUT2D eigenvalue weighted by molar-refractivity contribution is -0.113. The Labute approximate surface area is 165 Å². The van der Waals surface area contributed by atoms with Crippen molar-refractivity contribution in [3.8, 4) is 0 Å². The number of nitrogens with zero attached hydrogens (tertiary/aromatic N) is 1. The van der Waals surface area contributed by atoms with Crippen LogP contribution in [0.4, 0.5) is 5.69 Å². The number of benzene rings is 2. The van der Waals surface area contributed by atoms with Crippen LogP contribution in [0.5, 0.6) is 0 Å². The summed E-state index contributed by atoms with van der Waals surface area (Å²) < 4.78 is 6.42. The molecule has 3 aromatic rings. The summed E-state index contributed by atoms with van der Waals surface area (Å²) in [7, 11) is 0. The van der Waals surface area contributed by atoms with E-state index in [4.69, 9.17) is 4.42 Å². The van der Waals surface area contributed by atoms with Gasteiger partial charge in [0.2, 0.25) is 0 Å². The minimum absolute atomic E-state index is 0.0837. The van der Waals surface area contributed by atoms with Crippen molar-refractivity contribution in [2.75, 3.05) is 4.90 Å². The van der Waals surface area contributed by atoms with Crippen LogP contribution in [0.3, 0.4) is 0 Å². The first-order valence-corrected chi connectivity index (χ1v) is 9.28. The van der Waals surface area contributed by atoms with Crippen molar-refractivity contribution in [3.05, 3.63) is 87.3 Å². The van der Waals surface area contributed by atoms with E-state index in [-0.39, 0.29) is 18.2 Å². The van der Waals surface area contributed by atoms with E-state index in [0.717, 1.165) is 26.9 Å². The molecule has 27 heavy (non-hydrogen) atoms. The normalized spacial score (nSPS) is 14.7. The molecule has 0 N–H and O–H groups in total. The van der Waals surface area contributed by atoms with Crippen LogP contribution in [0.25, 0.3) is 11.6 Å². The van der Waals surface area contributed by atoms with Gasteiger partial charge in [-0.1, -0.05) is 39.7 Å². The van der Waals surface area contributed by atoms with Crippen LogP contribution in [-0.4, -0.2) is 12.2 Å². The Hall–Kier alpha value is -2.92. The molecule has 0 saturated heterocycles. The van der Waals surface area contributed by atoms with E-state index < -0.39 is 0 Å². The molecule has 134 valence electrons. The fourth-order valence-corrected chi connectivity index (χ4v) is 3.65. The number of carbonyl (C=O) groups excluding carboxylic acids is 2. The van der Waals surface area contributed by atoms with Gasteiger partial charge in [0.1, 0.15) is 5.76 Å². The molecule has 1 aliphatic heterocycles. The van der Waals surface area contributed by atoms with Crippen LogP contribution in [0.1, 0.15) is 33.0 Å². The minimum atomic E-state index is -0.0837. The molecule has 4 nitrogen and oxygen atoms in total. The van der Waals surface area contributed by atoms with Gasteiger partial charge in [-0.3, -0.25) is 9.59 Å². The van der Waals surface area contributed by atoms with E-state index in [9.17, 15) is 9.59 Å². The maximum Gasteiger partial charge on any atom is 0.259 e. The van der Waals surface area contributed by atoms with Gasteiger partial charge in [0.05, 0.1) is 12.2 Å². The molecule has 1 amide bonds. The highest BCUT2D eigenvalue weighted by Crippen LogP contribution is 2.39. The van der Waals surface area contributed by atoms with Crippen molar-refractivity contribution in [2.45, 2.75) is 13.5 Å². The third-order valence-corrected chi connectivity index (χ3v) is 4.97. The third-order valence-electron chi connectivity index (χ3n) is 4.48. The van der Waals surface area contributed by atoms with Crippen molar-refractivity contribution < 1.29 is 14.0 Å². The van der Waals surface area contributed by atoms with E-state index >= 15 is 0 Å². The van der Waals surface area contributed by atoms with E-state index in [0.29, 0.717) is 17.6 Å². The van der Waals surface area contributed by atoms with Gasteiger partial charge in [0.15, 0.2) is 12.0 Å². The van der Waals surface area contributed by atoms with Gasteiger partial charge >= 0.3 is 0 Å². The summed E-state index contributed by atoms with van der Waals surface area (Å²) in [6, 6.07) is 17.1. The monoisotopic (exact) mass is 421 g/mol. The number of hydrogen-bond donors (Lipinski definition) is 0. The summed E-state index contributed by atoms with van der Waals surface area (Å²) in [5, 5.41) is 0. The second-order valence-electron chi connectivity index (χ2n) is 6.45. The molecule has 0 unspecified atom stereocenters. The SMILES string of the molecule is Cc1ccc2c(c1)C(=Cc1cccc(Br)c1)C(=O)N2Cc1ccc(C=O)o1. The number of furan rings is 1. The Balaban J connectivity index is 1.77. The van der Waals surface area contributed by atoms with Gasteiger partial charge in [0.25, 0.3) is 5.91 Å². The zero-order chi connectivity index (χ0) is 19.0. The fourth-order valence-electron chi connectivity index (χ4n) is 3.23. The van der Waals surface area contributed by atoms with Crippen LogP contribution in [-0.2, 0) is 11.3 Å². The van der Waals surface area contributed by atoms with Gasteiger partial charge < -0.3 is 9.32 Å². The molecule has 0 aliphatic carbocycles. The Bertz CT molecular complexity index is 1080. The highest BCUT2D eigenvalue weighted by atomic mass is 79.9. The lowest BCUT2D eigenvalue weighted by Crippen LogP contribution is -2.25. The Kier molecular flexibility index (Phi) is 4.54. The molecule has 5 heteroatoms. The van der Waals surface area contributed by atoms with Crippen molar-refractivity contribution in [1.29, 1.82) is 0 Å². The summed E-state index contributed by atoms with van der Waals surface area (Å²) in [5.74, 6) is 0.742. The Morgan fingerprint density at radius 1 is 1.11 bits per heavy atom. The quantitative estimate of drug-likeness (QED) is 0.426. The standard InChI is InChI=1S/C22H16BrNO3/c1-14-5-8-21-19(9-14)20(11-15-3-2-4-16(23)10-15)22(26)24(21)12-17-6-7-18(13-25)27-17/h2-11,13H,12H2,1H3. The highest BCUT2D eigenvalue weighted by molar-refractivity contribution is 9.10. The molecule has 0 atom stereocenters. The maximum atomic E-state index is 13.2. The second kappa shape index (κ2) is 7.00. The third kappa shape index (κ3) is 3.38. The molecule has 0 saturated carbocycles. The van der Waals surface area contributed by atoms with E-state index in [1.807, 2.05) is 55.5 Å². The number of rotatable bonds is 4. The van der Waals surface area contributed by atoms with Crippen molar-refractivity contribution in [3.63, 3.8) is 0 Å². The zero-order valence-electron chi connectivity index (χ0n) is 14.6. The van der Waals surface area contributed by atoms with Gasteiger partial charge in [-0.25, -0.2) is 0 Å². The molecule has 1 aromatic heterocycles. The molecule has 0 bridgehead atoms. The number of aldehydes is 1. The summed E-state index contributed by atoms with van der Waals surface area (Å²) in [4.78, 5) is 25.7. The lowest BCUT2D eigenvalue weighted by Gasteiger charge is -2.15. The molecule has 2 heterocycles. The molecule has 0 spiro atoms. The number of amides is 1. The second-order valence-corrected chi connectivity index (χ2v) is 7.36. The molecule has 0 radical (unpaired) electrons. The Morgan fingerprint density at radius 3 is 2.70 bits per heavy atom. The van der Waals surface area contributed by atoms with E-state index in [1.165, 1.54) is 0 Å². The fraction of sp³-hybridized carbons (Fsp3) is 0.0909. The van der Waals surface area contributed by atoms with Crippen molar-refractivity contribution in [1.82, 2.24) is 0 Å². The molecular formula is C22H16BrNO3. The van der Waals surface area contributed by atoms with Crippen molar-refractivity contribution in [2.24, 2.45) is 0 Å². The first-order valence-electron chi connectivity index (χ1n) is 8.49. The average molecular weight is 422 g/mol. The largest absolute Gasteiger partial charge is 0.456 e. The predicted octanol–water partition coefficient (Wildman–Crippen LogP) is 5.25. The topological polar surface area (TPSA) is 50.5 Å². The van der Waals surface area contributed by atoms with E-state index in [2.05, 4.69) is 15.9 Å². The molecule has 0 fully saturated rings. The average Bonchev–Trinajstić information content (AvgIpc) is 3.20. The van der Waals surface area contributed by atoms with Crippen LogP contribution < -0.4 is 4.90 Å². The van der Waals surface area contributed by atoms with Crippen LogP contribution in [0.2, 0.25) is 0 Å². The van der Waals surface area contributed by atoms with E-state index in [1.54, 1.807) is 17.0 Å². The molecule has 4 rings (SSSR count). The molecule has 1 aliphatic rings. The molecule has 2 aromatic carbocycles. The smallest absolute Gasteiger partial charge is 0.259 e. The van der Waals surface area contributed by atoms with Crippen LogP contribution >= 0.6 is 15.9 Å². The first kappa shape index (κ1) is 17.5. The highest BCUT2D eigenvalue weighted by Gasteiger charge is 2.33. The summed E-state index contributed by atoms with van der Waals surface area (Å²) in [6.07, 6.45) is 2.57. The van der Waals surface area contributed by atoms with Crippen LogP contribution in [0.15, 0.2) is 63.5 Å². The summed E-state index contributed by atoms with van der Waals surface area (Å²) in [5.41, 5.74) is 4.43. The predicted molar refractivity (Wildman–Crippen MR) is 108 cm³/mol. The van der Waals surface area contributed by atoms with Gasteiger partial charge in [-0.15, -0.1) is 0 Å². The number of fused-ring (bicyclic) bond motifs is 1. The lowest BCUT2D eigenvalue weighted by atomic mass is 10.0. The number of aryl methyl sites for hydroxylation is 1. The molecular weight excluding hydrogens is 406 g/mol. The van der Waals surface area contributed by atoms with Gasteiger partial charge in [-0.2, -0.15) is 0 Å². The maximum absolute atomic E-state index is 13.2. The number of halogens is 1. The van der Waals surface area contributed by atoms with Gasteiger partial charge in [0, 0.05) is 15.6 Å². The number of hydrogen-bond acceptors (Lipinski definition) is 3. The first-order chi connectivity index (χ1) is 13.0.